The van der Waals surface area contributed by atoms with Crippen LogP contribution in [0.3, 0.4) is 0 Å². The second-order valence-electron chi connectivity index (χ2n) is 5.00. The van der Waals surface area contributed by atoms with Gasteiger partial charge in [-0.2, -0.15) is 0 Å². The molecule has 0 aromatic heterocycles. The smallest absolute Gasteiger partial charge is 0.254 e. The van der Waals surface area contributed by atoms with Gasteiger partial charge < -0.3 is 20.5 Å². The van der Waals surface area contributed by atoms with Crippen molar-refractivity contribution in [2.75, 3.05) is 19.0 Å². The first-order valence-corrected chi connectivity index (χ1v) is 7.03. The van der Waals surface area contributed by atoms with Gasteiger partial charge in [0.05, 0.1) is 6.10 Å². The van der Waals surface area contributed by atoms with Crippen LogP contribution in [0, 0.1) is 0 Å². The van der Waals surface area contributed by atoms with E-state index in [9.17, 15) is 4.79 Å². The molecule has 1 aromatic carbocycles. The third-order valence-corrected chi connectivity index (χ3v) is 3.52. The zero-order valence-electron chi connectivity index (χ0n) is 12.2. The minimum Gasteiger partial charge on any atom is -0.490 e. The number of amides is 1. The van der Waals surface area contributed by atoms with Crippen LogP contribution < -0.4 is 15.8 Å². The molecule has 1 amide bonds. The highest BCUT2D eigenvalue weighted by Crippen LogP contribution is 2.25. The molecule has 0 aliphatic heterocycles. The number of halogens is 1. The van der Waals surface area contributed by atoms with Gasteiger partial charge in [-0.05, 0) is 49.9 Å². The summed E-state index contributed by atoms with van der Waals surface area (Å²) in [6.45, 7) is 0.158. The molecule has 5 nitrogen and oxygen atoms in total. The van der Waals surface area contributed by atoms with Crippen LogP contribution in [0.4, 0.5) is 5.69 Å². The molecule has 118 valence electrons. The average Bonchev–Trinajstić information content (AvgIpc) is 2.95. The number of methoxy groups -OCH3 is 1. The summed E-state index contributed by atoms with van der Waals surface area (Å²) in [7, 11) is 1.47. The topological polar surface area (TPSA) is 73.6 Å². The van der Waals surface area contributed by atoms with Crippen LogP contribution in [-0.4, -0.2) is 31.8 Å². The van der Waals surface area contributed by atoms with Gasteiger partial charge in [-0.3, -0.25) is 4.79 Å². The highest BCUT2D eigenvalue weighted by atomic mass is 35.5. The molecule has 0 spiro atoms. The number of carbonyl (C=O) groups excluding carboxylic acids is 1. The predicted molar refractivity (Wildman–Crippen MR) is 85.1 cm³/mol. The zero-order chi connectivity index (χ0) is 14.4. The molecule has 1 aliphatic carbocycles. The number of nitrogens with one attached hydrogen (secondary N) is 1. The van der Waals surface area contributed by atoms with E-state index < -0.39 is 6.10 Å². The maximum Gasteiger partial charge on any atom is 0.254 e. The highest BCUT2D eigenvalue weighted by Gasteiger charge is 2.17. The molecule has 1 atom stereocenters. The fourth-order valence-electron chi connectivity index (χ4n) is 2.35. The Morgan fingerprint density at radius 1 is 1.33 bits per heavy atom. The van der Waals surface area contributed by atoms with Gasteiger partial charge in [0.25, 0.3) is 5.91 Å². The Morgan fingerprint density at radius 3 is 2.48 bits per heavy atom. The standard InChI is InChI=1S/C15H22N2O3.ClH/c1-19-14(10-16)15(18)17-11-6-8-13(9-7-11)20-12-4-2-3-5-12;/h6-9,12,14H,2-5,10,16H2,1H3,(H,17,18);1H. The minimum absolute atomic E-state index is 0. The lowest BCUT2D eigenvalue weighted by Gasteiger charge is -2.15. The molecule has 1 aromatic rings. The lowest BCUT2D eigenvalue weighted by molar-refractivity contribution is -0.125. The molecular formula is C15H23ClN2O3. The first kappa shape index (κ1) is 17.8. The Kier molecular flexibility index (Phi) is 7.50. The fraction of sp³-hybridized carbons (Fsp3) is 0.533. The summed E-state index contributed by atoms with van der Waals surface area (Å²) in [4.78, 5) is 11.8. The molecule has 0 heterocycles. The number of nitrogens with two attached hydrogens (primary N) is 1. The molecule has 2 rings (SSSR count). The third kappa shape index (κ3) is 5.19. The van der Waals surface area contributed by atoms with Gasteiger partial charge in [0, 0.05) is 19.3 Å². The number of hydrogen-bond acceptors (Lipinski definition) is 4. The first-order valence-electron chi connectivity index (χ1n) is 7.03. The number of carbonyl (C=O) groups is 1. The molecule has 0 bridgehead atoms. The zero-order valence-corrected chi connectivity index (χ0v) is 13.0. The summed E-state index contributed by atoms with van der Waals surface area (Å²) < 4.78 is 10.9. The van der Waals surface area contributed by atoms with E-state index in [-0.39, 0.29) is 24.9 Å². The molecule has 1 fully saturated rings. The van der Waals surface area contributed by atoms with E-state index in [0.29, 0.717) is 11.8 Å². The lowest BCUT2D eigenvalue weighted by Crippen LogP contribution is -2.35. The third-order valence-electron chi connectivity index (χ3n) is 3.52. The van der Waals surface area contributed by atoms with E-state index in [1.54, 1.807) is 0 Å². The summed E-state index contributed by atoms with van der Waals surface area (Å²) in [6, 6.07) is 7.40. The van der Waals surface area contributed by atoms with Crippen molar-refractivity contribution in [1.29, 1.82) is 0 Å². The van der Waals surface area contributed by atoms with Crippen LogP contribution in [0.1, 0.15) is 25.7 Å². The summed E-state index contributed by atoms with van der Waals surface area (Å²) in [5.74, 6) is 0.608. The van der Waals surface area contributed by atoms with E-state index in [1.807, 2.05) is 24.3 Å². The van der Waals surface area contributed by atoms with Crippen LogP contribution in [0.25, 0.3) is 0 Å². The van der Waals surface area contributed by atoms with Crippen molar-refractivity contribution in [2.24, 2.45) is 5.73 Å². The van der Waals surface area contributed by atoms with Crippen molar-refractivity contribution in [3.05, 3.63) is 24.3 Å². The Morgan fingerprint density at radius 2 is 1.95 bits per heavy atom. The molecule has 1 unspecified atom stereocenters. The van der Waals surface area contributed by atoms with E-state index in [0.717, 1.165) is 18.6 Å². The van der Waals surface area contributed by atoms with E-state index >= 15 is 0 Å². The Bertz CT molecular complexity index is 429. The largest absolute Gasteiger partial charge is 0.490 e. The Hall–Kier alpha value is -1.30. The maximum atomic E-state index is 11.8. The minimum atomic E-state index is -0.621. The number of benzene rings is 1. The normalized spacial score (nSPS) is 16.1. The van der Waals surface area contributed by atoms with Gasteiger partial charge in [-0.15, -0.1) is 12.4 Å². The predicted octanol–water partition coefficient (Wildman–Crippen LogP) is 2.34. The SMILES string of the molecule is COC(CN)C(=O)Nc1ccc(OC2CCCC2)cc1.Cl. The second-order valence-corrected chi connectivity index (χ2v) is 5.00. The summed E-state index contributed by atoms with van der Waals surface area (Å²) in [5.41, 5.74) is 6.16. The van der Waals surface area contributed by atoms with Crippen LogP contribution in [0.15, 0.2) is 24.3 Å². The van der Waals surface area contributed by atoms with Crippen molar-refractivity contribution in [1.82, 2.24) is 0 Å². The second kappa shape index (κ2) is 8.87. The molecule has 3 N–H and O–H groups in total. The molecular weight excluding hydrogens is 292 g/mol. The van der Waals surface area contributed by atoms with Gasteiger partial charge >= 0.3 is 0 Å². The number of anilines is 1. The van der Waals surface area contributed by atoms with Crippen molar-refractivity contribution in [3.63, 3.8) is 0 Å². The van der Waals surface area contributed by atoms with Gasteiger partial charge in [-0.1, -0.05) is 0 Å². The van der Waals surface area contributed by atoms with Gasteiger partial charge in [0.15, 0.2) is 0 Å². The summed E-state index contributed by atoms with van der Waals surface area (Å²) >= 11 is 0. The Labute approximate surface area is 131 Å². The van der Waals surface area contributed by atoms with E-state index in [1.165, 1.54) is 20.0 Å². The van der Waals surface area contributed by atoms with E-state index in [2.05, 4.69) is 5.32 Å². The quantitative estimate of drug-likeness (QED) is 0.845. The maximum absolute atomic E-state index is 11.8. The molecule has 6 heteroatoms. The summed E-state index contributed by atoms with van der Waals surface area (Å²) in [6.07, 6.45) is 4.47. The molecule has 1 saturated carbocycles. The van der Waals surface area contributed by atoms with Gasteiger partial charge in [0.1, 0.15) is 11.9 Å². The van der Waals surface area contributed by atoms with Crippen LogP contribution in [-0.2, 0) is 9.53 Å². The first-order chi connectivity index (χ1) is 9.72. The molecule has 0 radical (unpaired) electrons. The van der Waals surface area contributed by atoms with Gasteiger partial charge in [0.2, 0.25) is 0 Å². The molecule has 0 saturated heterocycles. The summed E-state index contributed by atoms with van der Waals surface area (Å²) in [5, 5.41) is 2.77. The van der Waals surface area contributed by atoms with Crippen molar-refractivity contribution in [3.8, 4) is 5.75 Å². The average molecular weight is 315 g/mol. The van der Waals surface area contributed by atoms with Crippen LogP contribution in [0.2, 0.25) is 0 Å². The van der Waals surface area contributed by atoms with Crippen molar-refractivity contribution >= 4 is 24.0 Å². The van der Waals surface area contributed by atoms with Crippen molar-refractivity contribution < 1.29 is 14.3 Å². The van der Waals surface area contributed by atoms with Crippen LogP contribution >= 0.6 is 12.4 Å². The monoisotopic (exact) mass is 314 g/mol. The van der Waals surface area contributed by atoms with Gasteiger partial charge in [-0.25, -0.2) is 0 Å². The number of rotatable bonds is 6. The fourth-order valence-corrected chi connectivity index (χ4v) is 2.35. The number of hydrogen-bond donors (Lipinski definition) is 2. The number of ether oxygens (including phenoxy) is 2. The Balaban J connectivity index is 0.00000220. The molecule has 21 heavy (non-hydrogen) atoms. The highest BCUT2D eigenvalue weighted by molar-refractivity contribution is 5.94. The van der Waals surface area contributed by atoms with Crippen molar-refractivity contribution in [2.45, 2.75) is 37.9 Å². The van der Waals surface area contributed by atoms with Crippen LogP contribution in [0.5, 0.6) is 5.75 Å². The lowest BCUT2D eigenvalue weighted by atomic mass is 10.2. The molecule has 1 aliphatic rings. The van der Waals surface area contributed by atoms with E-state index in [4.69, 9.17) is 15.2 Å².